The van der Waals surface area contributed by atoms with Gasteiger partial charge >= 0.3 is 0 Å². The molecule has 4 nitrogen and oxygen atoms in total. The van der Waals surface area contributed by atoms with Gasteiger partial charge in [-0.15, -0.1) is 23.1 Å². The highest BCUT2D eigenvalue weighted by Crippen LogP contribution is 2.29. The van der Waals surface area contributed by atoms with Crippen LogP contribution < -0.4 is 5.32 Å². The van der Waals surface area contributed by atoms with Crippen LogP contribution in [0.1, 0.15) is 27.9 Å². The molecule has 0 aliphatic carbocycles. The van der Waals surface area contributed by atoms with Crippen molar-refractivity contribution < 1.29 is 4.79 Å². The lowest BCUT2D eigenvalue weighted by atomic mass is 10.2. The van der Waals surface area contributed by atoms with Gasteiger partial charge in [0.15, 0.2) is 5.13 Å². The number of hydrogen-bond acceptors (Lipinski definition) is 5. The van der Waals surface area contributed by atoms with E-state index in [4.69, 9.17) is 11.6 Å². The van der Waals surface area contributed by atoms with Gasteiger partial charge in [0.05, 0.1) is 16.3 Å². The van der Waals surface area contributed by atoms with Crippen LogP contribution in [0.2, 0.25) is 5.02 Å². The number of hydrogen-bond donors (Lipinski definition) is 1. The molecular weight excluding hydrogens is 350 g/mol. The highest BCUT2D eigenvalue weighted by Gasteiger charge is 2.21. The van der Waals surface area contributed by atoms with Crippen LogP contribution in [0.4, 0.5) is 5.13 Å². The largest absolute Gasteiger partial charge is 0.298 e. The fourth-order valence-corrected chi connectivity index (χ4v) is 4.23. The summed E-state index contributed by atoms with van der Waals surface area (Å²) in [5, 5.41) is 4.01. The summed E-state index contributed by atoms with van der Waals surface area (Å²) < 4.78 is 0. The number of anilines is 1. The minimum atomic E-state index is -0.204. The van der Waals surface area contributed by atoms with Crippen molar-refractivity contribution in [3.05, 3.63) is 39.4 Å². The molecule has 0 unspecified atom stereocenters. The highest BCUT2D eigenvalue weighted by molar-refractivity contribution is 7.98. The molecule has 0 bridgehead atoms. The van der Waals surface area contributed by atoms with Crippen molar-refractivity contribution in [2.45, 2.75) is 24.8 Å². The third kappa shape index (κ3) is 3.71. The normalized spacial score (nSPS) is 14.6. The number of thiazole rings is 1. The number of likely N-dealkylation sites (N-methyl/N-ethyl adjacent to an activating group) is 1. The summed E-state index contributed by atoms with van der Waals surface area (Å²) in [5.74, 6) is -0.204. The number of rotatable bonds is 4. The maximum atomic E-state index is 12.5. The van der Waals surface area contributed by atoms with Gasteiger partial charge in [-0.3, -0.25) is 15.0 Å². The number of nitrogens with zero attached hydrogens (tertiary/aromatic N) is 2. The van der Waals surface area contributed by atoms with Crippen LogP contribution >= 0.6 is 34.7 Å². The molecule has 1 aliphatic heterocycles. The molecule has 3 rings (SSSR count). The minimum absolute atomic E-state index is 0.204. The van der Waals surface area contributed by atoms with E-state index in [1.54, 1.807) is 29.2 Å². The summed E-state index contributed by atoms with van der Waals surface area (Å²) in [5.41, 5.74) is 1.60. The first kappa shape index (κ1) is 16.8. The van der Waals surface area contributed by atoms with Crippen LogP contribution in [0.3, 0.4) is 0 Å². The second-order valence-electron chi connectivity index (χ2n) is 5.31. The van der Waals surface area contributed by atoms with Crippen molar-refractivity contribution in [3.63, 3.8) is 0 Å². The van der Waals surface area contributed by atoms with Gasteiger partial charge in [-0.1, -0.05) is 18.5 Å². The van der Waals surface area contributed by atoms with Gasteiger partial charge in [0.1, 0.15) is 0 Å². The van der Waals surface area contributed by atoms with Gasteiger partial charge in [-0.2, -0.15) is 0 Å². The van der Waals surface area contributed by atoms with Crippen LogP contribution in [0.25, 0.3) is 0 Å². The van der Waals surface area contributed by atoms with Crippen LogP contribution in [-0.4, -0.2) is 35.1 Å². The predicted molar refractivity (Wildman–Crippen MR) is 98.0 cm³/mol. The molecule has 0 radical (unpaired) electrons. The molecule has 7 heteroatoms. The van der Waals surface area contributed by atoms with E-state index >= 15 is 0 Å². The molecule has 1 aromatic heterocycles. The topological polar surface area (TPSA) is 45.2 Å². The molecule has 0 fully saturated rings. The Hall–Kier alpha value is -1.08. The predicted octanol–water partition coefficient (Wildman–Crippen LogP) is 4.15. The maximum Gasteiger partial charge on any atom is 0.258 e. The Bertz CT molecular complexity index is 732. The van der Waals surface area contributed by atoms with Crippen molar-refractivity contribution in [2.24, 2.45) is 0 Å². The molecule has 2 heterocycles. The number of nitrogens with one attached hydrogen (secondary N) is 1. The number of fused-ring (bicyclic) bond motifs is 1. The molecule has 1 aliphatic rings. The monoisotopic (exact) mass is 367 g/mol. The number of benzene rings is 1. The Morgan fingerprint density at radius 3 is 3.09 bits per heavy atom. The first-order valence-corrected chi connectivity index (χ1v) is 9.88. The first-order valence-electron chi connectivity index (χ1n) is 7.46. The molecular formula is C16H18ClN3OS2. The molecule has 1 amide bonds. The minimum Gasteiger partial charge on any atom is -0.298 e. The molecule has 122 valence electrons. The summed E-state index contributed by atoms with van der Waals surface area (Å²) in [6.45, 7) is 5.15. The van der Waals surface area contributed by atoms with Crippen LogP contribution in [0.5, 0.6) is 0 Å². The van der Waals surface area contributed by atoms with Crippen LogP contribution in [0, 0.1) is 0 Å². The number of thioether (sulfide) groups is 1. The fourth-order valence-electron chi connectivity index (χ4n) is 2.54. The second kappa shape index (κ2) is 7.21. The van der Waals surface area contributed by atoms with E-state index in [0.29, 0.717) is 15.7 Å². The van der Waals surface area contributed by atoms with Gasteiger partial charge in [-0.25, -0.2) is 4.98 Å². The van der Waals surface area contributed by atoms with Gasteiger partial charge in [-0.05, 0) is 31.0 Å². The highest BCUT2D eigenvalue weighted by atomic mass is 35.5. The number of carbonyl (C=O) groups is 1. The first-order chi connectivity index (χ1) is 11.1. The molecule has 23 heavy (non-hydrogen) atoms. The van der Waals surface area contributed by atoms with Crippen molar-refractivity contribution in [2.75, 3.05) is 24.7 Å². The Labute approximate surface area is 149 Å². The van der Waals surface area contributed by atoms with E-state index < -0.39 is 0 Å². The standard InChI is InChI=1S/C16H18ClN3OS2/c1-3-20-7-6-13-14(9-20)23-16(18-13)19-15(21)11-8-10(22-2)4-5-12(11)17/h4-5,8H,3,6-7,9H2,1-2H3,(H,18,19,21). The number of carbonyl (C=O) groups excluding carboxylic acids is 1. The Morgan fingerprint density at radius 2 is 2.35 bits per heavy atom. The molecule has 0 saturated carbocycles. The van der Waals surface area contributed by atoms with Crippen molar-refractivity contribution in [3.8, 4) is 0 Å². The van der Waals surface area contributed by atoms with Crippen molar-refractivity contribution in [1.29, 1.82) is 0 Å². The summed E-state index contributed by atoms with van der Waals surface area (Å²) in [6.07, 6.45) is 2.91. The third-order valence-corrected chi connectivity index (χ3v) is 5.95. The van der Waals surface area contributed by atoms with E-state index in [1.807, 2.05) is 18.4 Å². The van der Waals surface area contributed by atoms with Gasteiger partial charge in [0.25, 0.3) is 5.91 Å². The molecule has 1 aromatic carbocycles. The maximum absolute atomic E-state index is 12.5. The van der Waals surface area contributed by atoms with Crippen LogP contribution in [-0.2, 0) is 13.0 Å². The zero-order valence-corrected chi connectivity index (χ0v) is 15.4. The fraction of sp³-hybridized carbons (Fsp3) is 0.375. The third-order valence-electron chi connectivity index (χ3n) is 3.90. The van der Waals surface area contributed by atoms with Crippen molar-refractivity contribution >= 4 is 45.7 Å². The van der Waals surface area contributed by atoms with Gasteiger partial charge in [0, 0.05) is 29.3 Å². The second-order valence-corrected chi connectivity index (χ2v) is 7.68. The lowest BCUT2D eigenvalue weighted by Gasteiger charge is -2.23. The molecule has 0 atom stereocenters. The Morgan fingerprint density at radius 1 is 1.52 bits per heavy atom. The van der Waals surface area contributed by atoms with E-state index in [2.05, 4.69) is 22.1 Å². The number of halogens is 1. The molecule has 2 aromatic rings. The Balaban J connectivity index is 1.78. The lowest BCUT2D eigenvalue weighted by molar-refractivity contribution is 0.102. The van der Waals surface area contributed by atoms with E-state index in [1.165, 1.54) is 4.88 Å². The summed E-state index contributed by atoms with van der Waals surface area (Å²) >= 11 is 9.30. The van der Waals surface area contributed by atoms with Gasteiger partial charge in [0.2, 0.25) is 0 Å². The average Bonchev–Trinajstić information content (AvgIpc) is 2.96. The zero-order valence-electron chi connectivity index (χ0n) is 13.1. The quantitative estimate of drug-likeness (QED) is 0.824. The molecule has 1 N–H and O–H groups in total. The zero-order chi connectivity index (χ0) is 16.4. The SMILES string of the molecule is CCN1CCc2nc(NC(=O)c3cc(SC)ccc3Cl)sc2C1. The van der Waals surface area contributed by atoms with E-state index in [9.17, 15) is 4.79 Å². The molecule has 0 saturated heterocycles. The summed E-state index contributed by atoms with van der Waals surface area (Å²) in [6, 6.07) is 5.48. The van der Waals surface area contributed by atoms with Gasteiger partial charge < -0.3 is 0 Å². The number of aromatic nitrogens is 1. The number of amides is 1. The lowest BCUT2D eigenvalue weighted by Crippen LogP contribution is -2.29. The van der Waals surface area contributed by atoms with Crippen LogP contribution in [0.15, 0.2) is 23.1 Å². The van der Waals surface area contributed by atoms with E-state index in [-0.39, 0.29) is 5.91 Å². The smallest absolute Gasteiger partial charge is 0.258 e. The van der Waals surface area contributed by atoms with E-state index in [0.717, 1.165) is 36.6 Å². The average molecular weight is 368 g/mol. The van der Waals surface area contributed by atoms with Crippen molar-refractivity contribution in [1.82, 2.24) is 9.88 Å². The summed E-state index contributed by atoms with van der Waals surface area (Å²) in [7, 11) is 0. The molecule has 0 spiro atoms. The summed E-state index contributed by atoms with van der Waals surface area (Å²) in [4.78, 5) is 21.7. The Kier molecular flexibility index (Phi) is 5.26.